The number of fused-ring (bicyclic) bond motifs is 1. The smallest absolute Gasteiger partial charge is 0.326 e. The number of carbonyl (C=O) groups excluding carboxylic acids is 1. The van der Waals surface area contributed by atoms with Gasteiger partial charge in [-0.25, -0.2) is 4.79 Å². The Morgan fingerprint density at radius 1 is 0.759 bits per heavy atom. The summed E-state index contributed by atoms with van der Waals surface area (Å²) in [5, 5.41) is 36.8. The lowest BCUT2D eigenvalue weighted by atomic mass is 9.74. The highest BCUT2D eigenvalue weighted by atomic mass is 16.6. The number of nitro benzene ring substituents is 1. The van der Waals surface area contributed by atoms with Crippen molar-refractivity contribution in [1.29, 1.82) is 0 Å². The number of para-hydroxylation sites is 1. The number of hydrogen-bond acceptors (Lipinski definition) is 7. The molecule has 2 unspecified atom stereocenters. The molecule has 0 bridgehead atoms. The minimum absolute atomic E-state index is 0.0991. The molecule has 0 radical (unpaired) electrons. The van der Waals surface area contributed by atoms with E-state index in [2.05, 4.69) is 0 Å². The number of hydrogen-bond donors (Lipinski definition) is 1. The first kappa shape index (κ1) is 35.3. The number of benzene rings is 5. The maximum absolute atomic E-state index is 15.3. The molecule has 11 nitrogen and oxygen atoms in total. The summed E-state index contributed by atoms with van der Waals surface area (Å²) in [4.78, 5) is 54.1. The Bertz CT molecular complexity index is 2410. The summed E-state index contributed by atoms with van der Waals surface area (Å²) in [5.74, 6) is -2.61. The summed E-state index contributed by atoms with van der Waals surface area (Å²) in [6.45, 7) is 0. The molecule has 5 aromatic carbocycles. The molecule has 1 N–H and O–H groups in total. The van der Waals surface area contributed by atoms with E-state index >= 15 is 4.79 Å². The summed E-state index contributed by atoms with van der Waals surface area (Å²) in [7, 11) is 0. The lowest BCUT2D eigenvalue weighted by Crippen LogP contribution is -2.59. The quantitative estimate of drug-likeness (QED) is 0.0750. The molecule has 7 rings (SSSR count). The molecule has 1 heterocycles. The summed E-state index contributed by atoms with van der Waals surface area (Å²) < 4.78 is 6.51. The largest absolute Gasteiger partial charge is 0.480 e. The molecule has 1 aliphatic carbocycles. The summed E-state index contributed by atoms with van der Waals surface area (Å²) in [6.07, 6.45) is 4.69. The number of aliphatic carboxylic acids is 1. The molecule has 268 valence electrons. The highest BCUT2D eigenvalue weighted by Crippen LogP contribution is 2.50. The monoisotopic (exact) mass is 719 g/mol. The molecule has 0 aliphatic heterocycles. The van der Waals surface area contributed by atoms with Gasteiger partial charge in [-0.05, 0) is 41.0 Å². The standard InChI is InChI=1S/C43H33N3O8/c47-41(32-20-22-34(23-21-32)45(50)51)44(36(42(48)49)26-29-12-4-1-5-13-29)43(25-24-33(28-39(43)46(52)53)31-16-8-3-9-17-31)40-35-18-10-11-19-37(35)54-38(40)27-30-14-6-2-7-15-30/h1-25,28,33,36H,26-27H2,(H,48,49)/t33?,36-,43?/m0/s1. The van der Waals surface area contributed by atoms with Crippen molar-refractivity contribution in [3.63, 3.8) is 0 Å². The molecule has 6 aromatic rings. The lowest BCUT2D eigenvalue weighted by Gasteiger charge is -2.44. The zero-order valence-electron chi connectivity index (χ0n) is 28.7. The van der Waals surface area contributed by atoms with Gasteiger partial charge < -0.3 is 14.4 Å². The topological polar surface area (TPSA) is 157 Å². The van der Waals surface area contributed by atoms with Crippen LogP contribution in [-0.4, -0.2) is 37.8 Å². The molecule has 1 aliphatic rings. The molecule has 1 amide bonds. The van der Waals surface area contributed by atoms with Crippen molar-refractivity contribution < 1.29 is 29.0 Å². The van der Waals surface area contributed by atoms with Crippen molar-refractivity contribution >= 4 is 28.5 Å². The first-order valence-electron chi connectivity index (χ1n) is 17.2. The Morgan fingerprint density at radius 2 is 1.35 bits per heavy atom. The molecule has 11 heteroatoms. The zero-order chi connectivity index (χ0) is 37.8. The van der Waals surface area contributed by atoms with Gasteiger partial charge in [0, 0.05) is 53.5 Å². The fourth-order valence-electron chi connectivity index (χ4n) is 7.26. The van der Waals surface area contributed by atoms with Crippen LogP contribution in [0.1, 0.15) is 44.3 Å². The van der Waals surface area contributed by atoms with Crippen LogP contribution in [0, 0.1) is 20.2 Å². The van der Waals surface area contributed by atoms with Gasteiger partial charge in [0.05, 0.1) is 9.85 Å². The van der Waals surface area contributed by atoms with Crippen molar-refractivity contribution in [2.75, 3.05) is 0 Å². The first-order chi connectivity index (χ1) is 26.2. The second-order valence-electron chi connectivity index (χ2n) is 13.0. The average Bonchev–Trinajstić information content (AvgIpc) is 3.56. The molecule has 1 aromatic heterocycles. The van der Waals surface area contributed by atoms with Crippen molar-refractivity contribution in [3.05, 3.63) is 217 Å². The minimum atomic E-state index is -2.18. The highest BCUT2D eigenvalue weighted by Gasteiger charge is 2.57. The van der Waals surface area contributed by atoms with Crippen LogP contribution in [0.4, 0.5) is 5.69 Å². The Morgan fingerprint density at radius 3 is 1.96 bits per heavy atom. The van der Waals surface area contributed by atoms with Crippen LogP contribution in [0.25, 0.3) is 11.0 Å². The van der Waals surface area contributed by atoms with Gasteiger partial charge in [0.15, 0.2) is 5.54 Å². The van der Waals surface area contributed by atoms with Crippen LogP contribution in [0.15, 0.2) is 168 Å². The fourth-order valence-corrected chi connectivity index (χ4v) is 7.26. The van der Waals surface area contributed by atoms with E-state index < -0.39 is 44.9 Å². The predicted molar refractivity (Wildman–Crippen MR) is 201 cm³/mol. The Kier molecular flexibility index (Phi) is 9.69. The van der Waals surface area contributed by atoms with Crippen molar-refractivity contribution in [2.45, 2.75) is 30.3 Å². The van der Waals surface area contributed by atoms with Crippen LogP contribution in [0.5, 0.6) is 0 Å². The van der Waals surface area contributed by atoms with E-state index in [9.17, 15) is 30.1 Å². The predicted octanol–water partition coefficient (Wildman–Crippen LogP) is 8.48. The highest BCUT2D eigenvalue weighted by molar-refractivity contribution is 5.99. The van der Waals surface area contributed by atoms with E-state index in [1.165, 1.54) is 18.2 Å². The summed E-state index contributed by atoms with van der Waals surface area (Å²) in [5.41, 5.74) is -0.262. The molecule has 0 spiro atoms. The normalized spacial score (nSPS) is 17.0. The van der Waals surface area contributed by atoms with Gasteiger partial charge in [-0.15, -0.1) is 0 Å². The third-order valence-electron chi connectivity index (χ3n) is 9.70. The van der Waals surface area contributed by atoms with Crippen LogP contribution in [0.3, 0.4) is 0 Å². The van der Waals surface area contributed by atoms with E-state index in [0.29, 0.717) is 22.3 Å². The van der Waals surface area contributed by atoms with Crippen LogP contribution in [-0.2, 0) is 23.2 Å². The maximum atomic E-state index is 15.3. The molecule has 0 saturated heterocycles. The van der Waals surface area contributed by atoms with E-state index in [4.69, 9.17) is 4.42 Å². The van der Waals surface area contributed by atoms with E-state index in [-0.39, 0.29) is 29.7 Å². The van der Waals surface area contributed by atoms with Crippen molar-refractivity contribution in [2.24, 2.45) is 0 Å². The third kappa shape index (κ3) is 6.66. The number of rotatable bonds is 12. The van der Waals surface area contributed by atoms with E-state index in [0.717, 1.165) is 28.2 Å². The minimum Gasteiger partial charge on any atom is -0.480 e. The van der Waals surface area contributed by atoms with Gasteiger partial charge in [0.1, 0.15) is 17.4 Å². The Balaban J connectivity index is 1.58. The Hall–Kier alpha value is -7.14. The van der Waals surface area contributed by atoms with Crippen molar-refractivity contribution in [3.8, 4) is 0 Å². The number of carboxylic acids is 1. The van der Waals surface area contributed by atoms with E-state index in [1.807, 2.05) is 60.7 Å². The number of furan rings is 1. The number of carboxylic acid groups (broad SMARTS) is 1. The molecule has 3 atom stereocenters. The summed E-state index contributed by atoms with van der Waals surface area (Å²) >= 11 is 0. The van der Waals surface area contributed by atoms with E-state index in [1.54, 1.807) is 66.7 Å². The Labute approximate surface area is 309 Å². The SMILES string of the molecule is O=C(O)[C@H](Cc1ccccc1)N(C(=O)c1ccc([N+](=O)[O-])cc1)C1(c2c(Cc3ccccc3)oc3ccccc23)C=CC(c2ccccc2)C=C1[N+](=O)[O-]. The van der Waals surface area contributed by atoms with Gasteiger partial charge in [0.25, 0.3) is 17.3 Å². The van der Waals surface area contributed by atoms with Gasteiger partial charge in [-0.2, -0.15) is 0 Å². The number of carbonyl (C=O) groups is 2. The second-order valence-corrected chi connectivity index (χ2v) is 13.0. The van der Waals surface area contributed by atoms with Crippen LogP contribution >= 0.6 is 0 Å². The molecule has 54 heavy (non-hydrogen) atoms. The molecular weight excluding hydrogens is 686 g/mol. The molecular formula is C43H33N3O8. The van der Waals surface area contributed by atoms with Gasteiger partial charge in [-0.3, -0.25) is 25.0 Å². The third-order valence-corrected chi connectivity index (χ3v) is 9.70. The van der Waals surface area contributed by atoms with Crippen LogP contribution < -0.4 is 0 Å². The lowest BCUT2D eigenvalue weighted by molar-refractivity contribution is -0.439. The van der Waals surface area contributed by atoms with Crippen molar-refractivity contribution in [1.82, 2.24) is 4.90 Å². The molecule has 0 saturated carbocycles. The maximum Gasteiger partial charge on any atom is 0.326 e. The number of allylic oxidation sites excluding steroid dienone is 2. The van der Waals surface area contributed by atoms with Gasteiger partial charge in [-0.1, -0.05) is 115 Å². The summed E-state index contributed by atoms with van der Waals surface area (Å²) in [6, 6.07) is 37.2. The number of nitrogens with zero attached hydrogens (tertiary/aromatic N) is 3. The number of amides is 1. The zero-order valence-corrected chi connectivity index (χ0v) is 28.7. The average molecular weight is 720 g/mol. The second kappa shape index (κ2) is 14.8. The van der Waals surface area contributed by atoms with Gasteiger partial charge >= 0.3 is 5.97 Å². The number of nitro groups is 2. The molecule has 0 fully saturated rings. The van der Waals surface area contributed by atoms with Gasteiger partial charge in [0.2, 0.25) is 0 Å². The van der Waals surface area contributed by atoms with Crippen LogP contribution in [0.2, 0.25) is 0 Å². The first-order valence-corrected chi connectivity index (χ1v) is 17.2. The number of non-ortho nitro benzene ring substituents is 1. The fraction of sp³-hybridized carbons (Fsp3) is 0.116.